The first-order valence-corrected chi connectivity index (χ1v) is 8.46. The van der Waals surface area contributed by atoms with Gasteiger partial charge in [-0.2, -0.15) is 23.5 Å². The quantitative estimate of drug-likeness (QED) is 0.663. The summed E-state index contributed by atoms with van der Waals surface area (Å²) in [5.74, 6) is 8.14. The Labute approximate surface area is 114 Å². The zero-order valence-electron chi connectivity index (χ0n) is 8.98. The number of thioether (sulfide) groups is 2. The van der Waals surface area contributed by atoms with E-state index in [1.54, 1.807) is 11.3 Å². The van der Waals surface area contributed by atoms with Gasteiger partial charge in [-0.1, -0.05) is 18.5 Å². The molecular weight excluding hydrogens is 280 g/mol. The van der Waals surface area contributed by atoms with Crippen LogP contribution in [0.25, 0.3) is 0 Å². The van der Waals surface area contributed by atoms with Crippen molar-refractivity contribution in [2.24, 2.45) is 5.84 Å². The number of halogens is 1. The van der Waals surface area contributed by atoms with Crippen LogP contribution >= 0.6 is 46.5 Å². The van der Waals surface area contributed by atoms with Gasteiger partial charge in [-0.15, -0.1) is 11.3 Å². The van der Waals surface area contributed by atoms with E-state index in [0.717, 1.165) is 4.34 Å². The number of nitrogens with one attached hydrogen (secondary N) is 1. The molecule has 0 bridgehead atoms. The third-order valence-electron chi connectivity index (χ3n) is 2.65. The monoisotopic (exact) mass is 294 g/mol. The topological polar surface area (TPSA) is 38.0 Å². The van der Waals surface area contributed by atoms with E-state index >= 15 is 0 Å². The third kappa shape index (κ3) is 2.89. The van der Waals surface area contributed by atoms with Crippen LogP contribution in [0.1, 0.15) is 17.8 Å². The average Bonchev–Trinajstić information content (AvgIpc) is 2.69. The Morgan fingerprint density at radius 1 is 1.44 bits per heavy atom. The molecule has 0 saturated carbocycles. The summed E-state index contributed by atoms with van der Waals surface area (Å²) < 4.78 is 0.830. The lowest BCUT2D eigenvalue weighted by Crippen LogP contribution is -2.40. The molecule has 0 amide bonds. The molecular formula is C10H15ClN2S3. The highest BCUT2D eigenvalue weighted by atomic mass is 35.5. The zero-order chi connectivity index (χ0) is 11.5. The first-order valence-electron chi connectivity index (χ1n) is 5.17. The summed E-state index contributed by atoms with van der Waals surface area (Å²) in [5, 5.41) is 1.15. The highest BCUT2D eigenvalue weighted by Gasteiger charge is 2.31. The van der Waals surface area contributed by atoms with Crippen LogP contribution in [-0.2, 0) is 0 Å². The summed E-state index contributed by atoms with van der Waals surface area (Å²) in [6.45, 7) is 2.28. The van der Waals surface area contributed by atoms with Crippen molar-refractivity contribution in [2.45, 2.75) is 23.5 Å². The van der Waals surface area contributed by atoms with E-state index in [1.807, 2.05) is 29.6 Å². The standard InChI is InChI=1S/C10H15ClN2S3/c1-6-10(15-5-4-14-6)9(13-12)7-2-3-8(11)16-7/h2-3,6,9-10,13H,4-5,12H2,1H3. The molecule has 1 aromatic rings. The van der Waals surface area contributed by atoms with E-state index in [-0.39, 0.29) is 6.04 Å². The minimum Gasteiger partial charge on any atom is -0.271 e. The molecule has 90 valence electrons. The maximum Gasteiger partial charge on any atom is 0.0931 e. The second-order valence-electron chi connectivity index (χ2n) is 3.70. The summed E-state index contributed by atoms with van der Waals surface area (Å²) in [4.78, 5) is 1.24. The van der Waals surface area contributed by atoms with E-state index in [0.29, 0.717) is 10.5 Å². The molecule has 3 N–H and O–H groups in total. The van der Waals surface area contributed by atoms with Crippen LogP contribution in [0, 0.1) is 0 Å². The zero-order valence-corrected chi connectivity index (χ0v) is 12.2. The third-order valence-corrected chi connectivity index (χ3v) is 7.15. The normalized spacial score (nSPS) is 27.9. The van der Waals surface area contributed by atoms with E-state index in [1.165, 1.54) is 16.4 Å². The Bertz CT molecular complexity index is 345. The van der Waals surface area contributed by atoms with Crippen LogP contribution in [0.4, 0.5) is 0 Å². The molecule has 3 unspecified atom stereocenters. The smallest absolute Gasteiger partial charge is 0.0931 e. The van der Waals surface area contributed by atoms with Gasteiger partial charge in [0.1, 0.15) is 0 Å². The van der Waals surface area contributed by atoms with Crippen LogP contribution in [0.2, 0.25) is 4.34 Å². The molecule has 1 aliphatic heterocycles. The summed E-state index contributed by atoms with van der Waals surface area (Å²) in [6, 6.07) is 4.23. The molecule has 0 aliphatic carbocycles. The predicted molar refractivity (Wildman–Crippen MR) is 77.6 cm³/mol. The second kappa shape index (κ2) is 5.98. The number of hydrazine groups is 1. The molecule has 1 fully saturated rings. The number of thiophene rings is 1. The van der Waals surface area contributed by atoms with Crippen molar-refractivity contribution >= 4 is 46.5 Å². The Hall–Kier alpha value is 0.610. The van der Waals surface area contributed by atoms with Gasteiger partial charge in [0.25, 0.3) is 0 Å². The van der Waals surface area contributed by atoms with Gasteiger partial charge >= 0.3 is 0 Å². The van der Waals surface area contributed by atoms with Crippen molar-refractivity contribution in [3.63, 3.8) is 0 Å². The molecule has 2 heterocycles. The average molecular weight is 295 g/mol. The molecule has 2 nitrogen and oxygen atoms in total. The first kappa shape index (κ1) is 13.1. The van der Waals surface area contributed by atoms with Crippen LogP contribution in [0.3, 0.4) is 0 Å². The van der Waals surface area contributed by atoms with Gasteiger partial charge in [-0.25, -0.2) is 0 Å². The minimum atomic E-state index is 0.213. The Morgan fingerprint density at radius 3 is 2.75 bits per heavy atom. The summed E-state index contributed by atoms with van der Waals surface area (Å²) in [5.41, 5.74) is 2.95. The number of hydrogen-bond donors (Lipinski definition) is 2. The largest absolute Gasteiger partial charge is 0.271 e. The van der Waals surface area contributed by atoms with Crippen LogP contribution in [0.5, 0.6) is 0 Å². The second-order valence-corrected chi connectivity index (χ2v) is 8.22. The van der Waals surface area contributed by atoms with Gasteiger partial charge in [0.2, 0.25) is 0 Å². The highest BCUT2D eigenvalue weighted by Crippen LogP contribution is 2.40. The lowest BCUT2D eigenvalue weighted by Gasteiger charge is -2.33. The minimum absolute atomic E-state index is 0.213. The number of nitrogens with two attached hydrogens (primary N) is 1. The van der Waals surface area contributed by atoms with Gasteiger partial charge in [-0.3, -0.25) is 11.3 Å². The van der Waals surface area contributed by atoms with Gasteiger partial charge in [-0.05, 0) is 12.1 Å². The highest BCUT2D eigenvalue weighted by molar-refractivity contribution is 8.07. The van der Waals surface area contributed by atoms with Gasteiger partial charge in [0.15, 0.2) is 0 Å². The SMILES string of the molecule is CC1SCCSC1C(NN)c1ccc(Cl)s1. The molecule has 0 radical (unpaired) electrons. The van der Waals surface area contributed by atoms with Crippen molar-refractivity contribution in [3.8, 4) is 0 Å². The van der Waals surface area contributed by atoms with E-state index < -0.39 is 0 Å². The Kier molecular flexibility index (Phi) is 4.88. The lowest BCUT2D eigenvalue weighted by molar-refractivity contribution is 0.535. The number of hydrogen-bond acceptors (Lipinski definition) is 5. The summed E-state index contributed by atoms with van der Waals surface area (Å²) in [6.07, 6.45) is 0. The van der Waals surface area contributed by atoms with E-state index in [9.17, 15) is 0 Å². The summed E-state index contributed by atoms with van der Waals surface area (Å²) >= 11 is 11.6. The van der Waals surface area contributed by atoms with Crippen LogP contribution in [-0.4, -0.2) is 22.0 Å². The first-order chi connectivity index (χ1) is 7.72. The maximum atomic E-state index is 5.97. The fourth-order valence-electron chi connectivity index (χ4n) is 1.85. The van der Waals surface area contributed by atoms with Crippen LogP contribution in [0.15, 0.2) is 12.1 Å². The molecule has 0 spiro atoms. The molecule has 3 atom stereocenters. The van der Waals surface area contributed by atoms with E-state index in [4.69, 9.17) is 17.4 Å². The van der Waals surface area contributed by atoms with Crippen molar-refractivity contribution in [2.75, 3.05) is 11.5 Å². The van der Waals surface area contributed by atoms with Crippen molar-refractivity contribution < 1.29 is 0 Å². The van der Waals surface area contributed by atoms with Gasteiger partial charge in [0, 0.05) is 26.9 Å². The van der Waals surface area contributed by atoms with Crippen molar-refractivity contribution in [3.05, 3.63) is 21.3 Å². The lowest BCUT2D eigenvalue weighted by atomic mass is 10.1. The Balaban J connectivity index is 2.14. The Morgan fingerprint density at radius 2 is 2.19 bits per heavy atom. The molecule has 1 saturated heterocycles. The maximum absolute atomic E-state index is 5.97. The predicted octanol–water partition coefficient (Wildman–Crippen LogP) is 3.14. The fourth-order valence-corrected chi connectivity index (χ4v) is 6.03. The molecule has 2 rings (SSSR count). The molecule has 16 heavy (non-hydrogen) atoms. The molecule has 6 heteroatoms. The van der Waals surface area contributed by atoms with E-state index in [2.05, 4.69) is 18.4 Å². The molecule has 1 aromatic heterocycles. The van der Waals surface area contributed by atoms with Crippen molar-refractivity contribution in [1.82, 2.24) is 5.43 Å². The van der Waals surface area contributed by atoms with Gasteiger partial charge < -0.3 is 0 Å². The van der Waals surface area contributed by atoms with Crippen molar-refractivity contribution in [1.29, 1.82) is 0 Å². The van der Waals surface area contributed by atoms with Crippen LogP contribution < -0.4 is 11.3 Å². The van der Waals surface area contributed by atoms with Gasteiger partial charge in [0.05, 0.1) is 10.4 Å². The summed E-state index contributed by atoms with van der Waals surface area (Å²) in [7, 11) is 0. The number of rotatable bonds is 3. The molecule has 0 aromatic carbocycles. The molecule has 1 aliphatic rings. The fraction of sp³-hybridized carbons (Fsp3) is 0.600.